The van der Waals surface area contributed by atoms with Crippen LogP contribution >= 0.6 is 0 Å². The van der Waals surface area contributed by atoms with Crippen molar-refractivity contribution in [2.45, 2.75) is 31.7 Å². The van der Waals surface area contributed by atoms with Crippen molar-refractivity contribution in [3.63, 3.8) is 0 Å². The molecule has 148 valence electrons. The molecule has 3 heterocycles. The third kappa shape index (κ3) is 3.29. The van der Waals surface area contributed by atoms with E-state index >= 15 is 0 Å². The van der Waals surface area contributed by atoms with Gasteiger partial charge in [0.15, 0.2) is 0 Å². The Morgan fingerprint density at radius 3 is 2.61 bits per heavy atom. The summed E-state index contributed by atoms with van der Waals surface area (Å²) < 4.78 is 9.62. The first-order chi connectivity index (χ1) is 13.8. The predicted octanol–water partition coefficient (Wildman–Crippen LogP) is 2.78. The molecule has 0 radical (unpaired) electrons. The number of anilines is 1. The summed E-state index contributed by atoms with van der Waals surface area (Å²) in [4.78, 5) is 2.37. The SMILES string of the molecule is OCC1CCC(n2cc3cc(-n4cccn4)c(N4CCOCC4)cc3n2)CC1. The van der Waals surface area contributed by atoms with Gasteiger partial charge in [0.25, 0.3) is 0 Å². The van der Waals surface area contributed by atoms with Gasteiger partial charge in [-0.15, -0.1) is 0 Å². The Kier molecular flexibility index (Phi) is 4.78. The van der Waals surface area contributed by atoms with E-state index in [0.29, 0.717) is 18.6 Å². The minimum Gasteiger partial charge on any atom is -0.396 e. The molecule has 1 saturated carbocycles. The average Bonchev–Trinajstić information content (AvgIpc) is 3.43. The fraction of sp³-hybridized carbons (Fsp3) is 0.524. The summed E-state index contributed by atoms with van der Waals surface area (Å²) in [6.45, 7) is 3.57. The van der Waals surface area contributed by atoms with Gasteiger partial charge in [-0.2, -0.15) is 10.2 Å². The molecule has 0 amide bonds. The number of aliphatic hydroxyl groups is 1. The van der Waals surface area contributed by atoms with Crippen LogP contribution in [0, 0.1) is 5.92 Å². The molecule has 1 aliphatic carbocycles. The van der Waals surface area contributed by atoms with Crippen LogP contribution in [0.25, 0.3) is 16.6 Å². The van der Waals surface area contributed by atoms with E-state index in [2.05, 4.69) is 33.0 Å². The van der Waals surface area contributed by atoms with Crippen LogP contribution in [0.15, 0.2) is 36.8 Å². The Bertz CT molecular complexity index is 922. The topological polar surface area (TPSA) is 68.3 Å². The van der Waals surface area contributed by atoms with E-state index in [4.69, 9.17) is 9.84 Å². The molecular weight excluding hydrogens is 354 g/mol. The van der Waals surface area contributed by atoms with Gasteiger partial charge in [0.2, 0.25) is 0 Å². The number of fused-ring (bicyclic) bond motifs is 1. The van der Waals surface area contributed by atoms with Gasteiger partial charge in [0.05, 0.1) is 36.1 Å². The van der Waals surface area contributed by atoms with E-state index < -0.39 is 0 Å². The summed E-state index contributed by atoms with van der Waals surface area (Å²) in [5.74, 6) is 0.459. The number of morpholine rings is 1. The molecule has 0 unspecified atom stereocenters. The molecule has 2 fully saturated rings. The second-order valence-corrected chi connectivity index (χ2v) is 7.92. The van der Waals surface area contributed by atoms with Gasteiger partial charge in [-0.1, -0.05) is 0 Å². The van der Waals surface area contributed by atoms with E-state index in [0.717, 1.165) is 74.3 Å². The third-order valence-electron chi connectivity index (χ3n) is 6.17. The molecule has 1 aromatic carbocycles. The molecule has 1 aliphatic heterocycles. The van der Waals surface area contributed by atoms with Gasteiger partial charge in [-0.05, 0) is 49.8 Å². The monoisotopic (exact) mass is 381 g/mol. The first-order valence-corrected chi connectivity index (χ1v) is 10.3. The van der Waals surface area contributed by atoms with Crippen molar-refractivity contribution in [3.05, 3.63) is 36.8 Å². The van der Waals surface area contributed by atoms with Crippen molar-refractivity contribution in [1.82, 2.24) is 19.6 Å². The highest BCUT2D eigenvalue weighted by Gasteiger charge is 2.24. The third-order valence-corrected chi connectivity index (χ3v) is 6.17. The highest BCUT2D eigenvalue weighted by Crippen LogP contribution is 2.34. The molecule has 1 saturated heterocycles. The quantitative estimate of drug-likeness (QED) is 0.753. The minimum atomic E-state index is 0.309. The van der Waals surface area contributed by atoms with Crippen molar-refractivity contribution < 1.29 is 9.84 Å². The Morgan fingerprint density at radius 2 is 1.89 bits per heavy atom. The smallest absolute Gasteiger partial charge is 0.0945 e. The van der Waals surface area contributed by atoms with Crippen molar-refractivity contribution in [2.24, 2.45) is 5.92 Å². The number of hydrogen-bond acceptors (Lipinski definition) is 5. The Labute approximate surface area is 164 Å². The number of benzene rings is 1. The van der Waals surface area contributed by atoms with Crippen LogP contribution in [-0.2, 0) is 4.74 Å². The lowest BCUT2D eigenvalue weighted by molar-refractivity contribution is 0.122. The van der Waals surface area contributed by atoms with Gasteiger partial charge >= 0.3 is 0 Å². The summed E-state index contributed by atoms with van der Waals surface area (Å²) in [7, 11) is 0. The highest BCUT2D eigenvalue weighted by atomic mass is 16.5. The lowest BCUT2D eigenvalue weighted by Gasteiger charge is -2.30. The number of hydrogen-bond donors (Lipinski definition) is 1. The lowest BCUT2D eigenvalue weighted by atomic mass is 9.87. The van der Waals surface area contributed by atoms with Crippen LogP contribution in [0.2, 0.25) is 0 Å². The molecule has 28 heavy (non-hydrogen) atoms. The minimum absolute atomic E-state index is 0.309. The summed E-state index contributed by atoms with van der Waals surface area (Å²) in [5.41, 5.74) is 3.28. The molecule has 2 aromatic heterocycles. The Morgan fingerprint density at radius 1 is 1.07 bits per heavy atom. The van der Waals surface area contributed by atoms with Crippen molar-refractivity contribution in [1.29, 1.82) is 0 Å². The normalized spacial score (nSPS) is 23.4. The zero-order chi connectivity index (χ0) is 18.9. The average molecular weight is 381 g/mol. The van der Waals surface area contributed by atoms with E-state index in [9.17, 15) is 5.11 Å². The molecule has 5 rings (SSSR count). The maximum absolute atomic E-state index is 9.39. The molecule has 0 bridgehead atoms. The van der Waals surface area contributed by atoms with Crippen molar-refractivity contribution >= 4 is 16.6 Å². The van der Waals surface area contributed by atoms with Crippen LogP contribution in [-0.4, -0.2) is 57.6 Å². The zero-order valence-corrected chi connectivity index (χ0v) is 16.1. The number of ether oxygens (including phenoxy) is 1. The molecule has 7 nitrogen and oxygen atoms in total. The summed E-state index contributed by atoms with van der Waals surface area (Å²) >= 11 is 0. The zero-order valence-electron chi connectivity index (χ0n) is 16.1. The van der Waals surface area contributed by atoms with Crippen LogP contribution in [0.1, 0.15) is 31.7 Å². The molecule has 2 aliphatic rings. The number of aliphatic hydroxyl groups excluding tert-OH is 1. The molecule has 3 aromatic rings. The van der Waals surface area contributed by atoms with E-state index in [1.165, 1.54) is 0 Å². The largest absolute Gasteiger partial charge is 0.396 e. The van der Waals surface area contributed by atoms with Gasteiger partial charge in [0.1, 0.15) is 0 Å². The van der Waals surface area contributed by atoms with E-state index in [1.54, 1.807) is 0 Å². The number of nitrogens with zero attached hydrogens (tertiary/aromatic N) is 5. The molecule has 1 N–H and O–H groups in total. The van der Waals surface area contributed by atoms with Crippen LogP contribution < -0.4 is 4.90 Å². The summed E-state index contributed by atoms with van der Waals surface area (Å²) in [6, 6.07) is 6.79. The molecule has 0 atom stereocenters. The predicted molar refractivity (Wildman–Crippen MR) is 108 cm³/mol. The standard InChI is InChI=1S/C21H27N5O2/c27-15-16-2-4-18(5-3-16)26-14-17-12-21(25-7-1-6-22-25)20(13-19(17)23-26)24-8-10-28-11-9-24/h1,6-7,12-14,16,18,27H,2-5,8-11,15H2. The second kappa shape index (κ2) is 7.56. The molecule has 7 heteroatoms. The number of aromatic nitrogens is 4. The summed E-state index contributed by atoms with van der Waals surface area (Å²) in [5, 5.41) is 19.9. The van der Waals surface area contributed by atoms with Crippen molar-refractivity contribution in [2.75, 3.05) is 37.8 Å². The highest BCUT2D eigenvalue weighted by molar-refractivity contribution is 5.87. The molecular formula is C21H27N5O2. The lowest BCUT2D eigenvalue weighted by Crippen LogP contribution is -2.36. The first-order valence-electron chi connectivity index (χ1n) is 10.3. The fourth-order valence-electron chi connectivity index (χ4n) is 4.50. The van der Waals surface area contributed by atoms with Gasteiger partial charge in [0, 0.05) is 43.7 Å². The van der Waals surface area contributed by atoms with Crippen LogP contribution in [0.3, 0.4) is 0 Å². The van der Waals surface area contributed by atoms with Gasteiger partial charge in [-0.25, -0.2) is 4.68 Å². The van der Waals surface area contributed by atoms with Crippen molar-refractivity contribution in [3.8, 4) is 5.69 Å². The van der Waals surface area contributed by atoms with Crippen LogP contribution in [0.4, 0.5) is 5.69 Å². The molecule has 0 spiro atoms. The number of rotatable bonds is 4. The Hall–Kier alpha value is -2.38. The fourth-order valence-corrected chi connectivity index (χ4v) is 4.50. The first kappa shape index (κ1) is 17.7. The summed E-state index contributed by atoms with van der Waals surface area (Å²) in [6.07, 6.45) is 10.3. The van der Waals surface area contributed by atoms with E-state index in [1.807, 2.05) is 23.1 Å². The van der Waals surface area contributed by atoms with E-state index in [-0.39, 0.29) is 0 Å². The second-order valence-electron chi connectivity index (χ2n) is 7.92. The van der Waals surface area contributed by atoms with Gasteiger partial charge in [-0.3, -0.25) is 4.68 Å². The van der Waals surface area contributed by atoms with Gasteiger partial charge < -0.3 is 14.7 Å². The van der Waals surface area contributed by atoms with Crippen LogP contribution in [0.5, 0.6) is 0 Å². The maximum atomic E-state index is 9.39. The maximum Gasteiger partial charge on any atom is 0.0945 e. The Balaban J connectivity index is 1.52.